The van der Waals surface area contributed by atoms with Crippen molar-refractivity contribution in [1.82, 2.24) is 4.90 Å². The number of likely N-dealkylation sites (tertiary alicyclic amines) is 1. The third-order valence-electron chi connectivity index (χ3n) is 5.08. The summed E-state index contributed by atoms with van der Waals surface area (Å²) in [7, 11) is 1.36. The van der Waals surface area contributed by atoms with Crippen LogP contribution in [-0.2, 0) is 25.7 Å². The predicted molar refractivity (Wildman–Crippen MR) is 109 cm³/mol. The Morgan fingerprint density at radius 1 is 0.967 bits per heavy atom. The van der Waals surface area contributed by atoms with Crippen LogP contribution in [0.15, 0.2) is 54.6 Å². The number of hydrogen-bond acceptors (Lipinski definition) is 6. The predicted octanol–water partition coefficient (Wildman–Crippen LogP) is 2.83. The zero-order chi connectivity index (χ0) is 21.3. The third-order valence-corrected chi connectivity index (χ3v) is 5.08. The van der Waals surface area contributed by atoms with Gasteiger partial charge in [-0.05, 0) is 31.0 Å². The van der Waals surface area contributed by atoms with Crippen LogP contribution in [0.25, 0.3) is 0 Å². The summed E-state index contributed by atoms with van der Waals surface area (Å²) in [5.74, 6) is -0.572. The number of nitrogens with zero attached hydrogens (tertiary/aromatic N) is 1. The number of rotatable bonds is 7. The summed E-state index contributed by atoms with van der Waals surface area (Å²) in [4.78, 5) is 38.1. The smallest absolute Gasteiger partial charge is 0.339 e. The summed E-state index contributed by atoms with van der Waals surface area (Å²) < 4.78 is 15.7. The van der Waals surface area contributed by atoms with Crippen LogP contribution in [0.5, 0.6) is 5.75 Å². The van der Waals surface area contributed by atoms with Crippen LogP contribution in [0.3, 0.4) is 0 Å². The lowest BCUT2D eigenvalue weighted by molar-refractivity contribution is -0.149. The van der Waals surface area contributed by atoms with Crippen LogP contribution in [0, 0.1) is 5.92 Å². The SMILES string of the molecule is COC(=O)C1CCN(C(=O)COC(=O)c2ccccc2COc2ccccc2)CC1. The van der Waals surface area contributed by atoms with Crippen molar-refractivity contribution in [3.63, 3.8) is 0 Å². The minimum atomic E-state index is -0.569. The molecule has 1 saturated heterocycles. The molecule has 2 aromatic rings. The van der Waals surface area contributed by atoms with E-state index in [0.29, 0.717) is 42.8 Å². The molecule has 0 atom stereocenters. The summed E-state index contributed by atoms with van der Waals surface area (Å²) in [6.07, 6.45) is 1.10. The van der Waals surface area contributed by atoms with Crippen molar-refractivity contribution in [2.45, 2.75) is 19.4 Å². The summed E-state index contributed by atoms with van der Waals surface area (Å²) in [5.41, 5.74) is 1.04. The van der Waals surface area contributed by atoms with E-state index in [9.17, 15) is 14.4 Å². The molecule has 1 aliphatic rings. The average molecular weight is 411 g/mol. The van der Waals surface area contributed by atoms with E-state index in [1.807, 2.05) is 36.4 Å². The molecule has 0 unspecified atom stereocenters. The molecule has 0 radical (unpaired) electrons. The average Bonchev–Trinajstić information content (AvgIpc) is 2.81. The molecule has 1 heterocycles. The van der Waals surface area contributed by atoms with Crippen molar-refractivity contribution in [3.05, 3.63) is 65.7 Å². The number of benzene rings is 2. The summed E-state index contributed by atoms with van der Waals surface area (Å²) in [5, 5.41) is 0. The molecule has 0 N–H and O–H groups in total. The summed E-state index contributed by atoms with van der Waals surface area (Å²) >= 11 is 0. The third kappa shape index (κ3) is 5.59. The molecule has 1 fully saturated rings. The number of carbonyl (C=O) groups is 3. The molecular weight excluding hydrogens is 386 g/mol. The molecule has 0 spiro atoms. The van der Waals surface area contributed by atoms with Gasteiger partial charge >= 0.3 is 11.9 Å². The van der Waals surface area contributed by atoms with Gasteiger partial charge in [0.05, 0.1) is 18.6 Å². The lowest BCUT2D eigenvalue weighted by Crippen LogP contribution is -2.42. The highest BCUT2D eigenvalue weighted by molar-refractivity contribution is 5.92. The van der Waals surface area contributed by atoms with Gasteiger partial charge in [0.2, 0.25) is 0 Å². The fraction of sp³-hybridized carbons (Fsp3) is 0.348. The van der Waals surface area contributed by atoms with Crippen molar-refractivity contribution in [2.75, 3.05) is 26.8 Å². The molecule has 7 heteroatoms. The molecule has 3 rings (SSSR count). The van der Waals surface area contributed by atoms with E-state index in [1.54, 1.807) is 23.1 Å². The van der Waals surface area contributed by atoms with Crippen LogP contribution in [-0.4, -0.2) is 49.6 Å². The standard InChI is InChI=1S/C23H25NO6/c1-28-22(26)17-11-13-24(14-12-17)21(25)16-30-23(27)20-10-6-5-7-18(20)15-29-19-8-3-2-4-9-19/h2-10,17H,11-16H2,1H3. The van der Waals surface area contributed by atoms with Gasteiger partial charge in [0.1, 0.15) is 12.4 Å². The van der Waals surface area contributed by atoms with Gasteiger partial charge in [-0.3, -0.25) is 9.59 Å². The summed E-state index contributed by atoms with van der Waals surface area (Å²) in [6, 6.07) is 16.3. The number of amides is 1. The van der Waals surface area contributed by atoms with Crippen molar-refractivity contribution in [3.8, 4) is 5.75 Å². The first kappa shape index (κ1) is 21.4. The van der Waals surface area contributed by atoms with E-state index in [4.69, 9.17) is 14.2 Å². The molecule has 0 saturated carbocycles. The molecule has 1 aliphatic heterocycles. The number of methoxy groups -OCH3 is 1. The molecule has 158 valence electrons. The molecule has 0 bridgehead atoms. The minimum absolute atomic E-state index is 0.182. The maximum absolute atomic E-state index is 12.5. The normalized spacial score (nSPS) is 14.1. The topological polar surface area (TPSA) is 82.1 Å². The lowest BCUT2D eigenvalue weighted by Gasteiger charge is -2.30. The van der Waals surface area contributed by atoms with Crippen LogP contribution in [0.4, 0.5) is 0 Å². The fourth-order valence-electron chi connectivity index (χ4n) is 3.35. The lowest BCUT2D eigenvalue weighted by atomic mass is 9.97. The first-order valence-corrected chi connectivity index (χ1v) is 9.87. The Bertz CT molecular complexity index is 874. The van der Waals surface area contributed by atoms with Crippen molar-refractivity contribution in [1.29, 1.82) is 0 Å². The van der Waals surface area contributed by atoms with Crippen LogP contribution >= 0.6 is 0 Å². The van der Waals surface area contributed by atoms with Crippen LogP contribution in [0.1, 0.15) is 28.8 Å². The molecule has 1 amide bonds. The van der Waals surface area contributed by atoms with Crippen molar-refractivity contribution >= 4 is 17.8 Å². The highest BCUT2D eigenvalue weighted by Gasteiger charge is 2.28. The van der Waals surface area contributed by atoms with Gasteiger partial charge in [-0.2, -0.15) is 0 Å². The number of para-hydroxylation sites is 1. The van der Waals surface area contributed by atoms with Gasteiger partial charge in [0.25, 0.3) is 5.91 Å². The Morgan fingerprint density at radius 3 is 2.33 bits per heavy atom. The molecule has 30 heavy (non-hydrogen) atoms. The Balaban J connectivity index is 1.51. The van der Waals surface area contributed by atoms with E-state index in [2.05, 4.69) is 0 Å². The maximum Gasteiger partial charge on any atom is 0.339 e. The second-order valence-electron chi connectivity index (χ2n) is 7.01. The minimum Gasteiger partial charge on any atom is -0.489 e. The van der Waals surface area contributed by atoms with Crippen molar-refractivity contribution < 1.29 is 28.6 Å². The van der Waals surface area contributed by atoms with Crippen molar-refractivity contribution in [2.24, 2.45) is 5.92 Å². The van der Waals surface area contributed by atoms with Gasteiger partial charge in [-0.15, -0.1) is 0 Å². The quantitative estimate of drug-likeness (QED) is 0.652. The number of ether oxygens (including phenoxy) is 3. The largest absolute Gasteiger partial charge is 0.489 e. The van der Waals surface area contributed by atoms with Gasteiger partial charge in [-0.1, -0.05) is 36.4 Å². The van der Waals surface area contributed by atoms with E-state index < -0.39 is 5.97 Å². The highest BCUT2D eigenvalue weighted by atomic mass is 16.5. The first-order chi connectivity index (χ1) is 14.6. The molecule has 2 aromatic carbocycles. The zero-order valence-corrected chi connectivity index (χ0v) is 16.9. The molecule has 0 aromatic heterocycles. The second-order valence-corrected chi connectivity index (χ2v) is 7.01. The number of hydrogen-bond donors (Lipinski definition) is 0. The number of esters is 2. The summed E-state index contributed by atoms with van der Waals surface area (Å²) in [6.45, 7) is 0.759. The Morgan fingerprint density at radius 2 is 1.63 bits per heavy atom. The number of piperidine rings is 1. The number of carbonyl (C=O) groups excluding carboxylic acids is 3. The second kappa shape index (κ2) is 10.4. The first-order valence-electron chi connectivity index (χ1n) is 9.87. The monoisotopic (exact) mass is 411 g/mol. The van der Waals surface area contributed by atoms with E-state index >= 15 is 0 Å². The van der Waals surface area contributed by atoms with Gasteiger partial charge in [0, 0.05) is 18.7 Å². The van der Waals surface area contributed by atoms with E-state index in [1.165, 1.54) is 7.11 Å². The zero-order valence-electron chi connectivity index (χ0n) is 16.9. The molecule has 7 nitrogen and oxygen atoms in total. The molecular formula is C23H25NO6. The van der Waals surface area contributed by atoms with Crippen LogP contribution < -0.4 is 4.74 Å². The van der Waals surface area contributed by atoms with Gasteiger partial charge < -0.3 is 19.1 Å². The fourth-order valence-corrected chi connectivity index (χ4v) is 3.35. The Hall–Kier alpha value is -3.35. The Labute approximate surface area is 175 Å². The maximum atomic E-state index is 12.5. The molecule has 0 aliphatic carbocycles. The van der Waals surface area contributed by atoms with Gasteiger partial charge in [-0.25, -0.2) is 4.79 Å². The van der Waals surface area contributed by atoms with E-state index in [-0.39, 0.29) is 31.0 Å². The highest BCUT2D eigenvalue weighted by Crippen LogP contribution is 2.19. The van der Waals surface area contributed by atoms with Gasteiger partial charge in [0.15, 0.2) is 6.61 Å². The van der Waals surface area contributed by atoms with E-state index in [0.717, 1.165) is 0 Å². The van der Waals surface area contributed by atoms with Crippen LogP contribution in [0.2, 0.25) is 0 Å². The Kier molecular flexibility index (Phi) is 7.43.